The van der Waals surface area contributed by atoms with Crippen molar-refractivity contribution >= 4 is 23.2 Å². The van der Waals surface area contributed by atoms with E-state index in [9.17, 15) is 4.79 Å². The van der Waals surface area contributed by atoms with Crippen molar-refractivity contribution in [3.8, 4) is 11.3 Å². The van der Waals surface area contributed by atoms with E-state index >= 15 is 0 Å². The van der Waals surface area contributed by atoms with Crippen molar-refractivity contribution in [1.29, 1.82) is 0 Å². The number of aryl methyl sites for hydroxylation is 1. The van der Waals surface area contributed by atoms with Gasteiger partial charge in [0.1, 0.15) is 0 Å². The van der Waals surface area contributed by atoms with Crippen LogP contribution in [0, 0.1) is 0 Å². The van der Waals surface area contributed by atoms with Gasteiger partial charge in [0.25, 0.3) is 0 Å². The Morgan fingerprint density at radius 1 is 1.19 bits per heavy atom. The molecule has 6 heteroatoms. The lowest BCUT2D eigenvalue weighted by molar-refractivity contribution is -0.116. The highest BCUT2D eigenvalue weighted by molar-refractivity contribution is 6.30. The summed E-state index contributed by atoms with van der Waals surface area (Å²) < 4.78 is 11.2. The highest BCUT2D eigenvalue weighted by atomic mass is 35.5. The fraction of sp³-hybridized carbons (Fsp3) is 0.238. The number of ether oxygens (including phenoxy) is 1. The van der Waals surface area contributed by atoms with Gasteiger partial charge >= 0.3 is 0 Å². The first-order valence-corrected chi connectivity index (χ1v) is 9.19. The molecule has 27 heavy (non-hydrogen) atoms. The van der Waals surface area contributed by atoms with E-state index in [1.807, 2.05) is 43.3 Å². The van der Waals surface area contributed by atoms with E-state index in [1.54, 1.807) is 18.3 Å². The number of oxazole rings is 1. The summed E-state index contributed by atoms with van der Waals surface area (Å²) in [6.07, 6.45) is 2.37. The predicted molar refractivity (Wildman–Crippen MR) is 106 cm³/mol. The van der Waals surface area contributed by atoms with Gasteiger partial charge in [0, 0.05) is 41.3 Å². The minimum absolute atomic E-state index is 0.0924. The molecule has 2 aromatic carbocycles. The highest BCUT2D eigenvalue weighted by Gasteiger charge is 2.11. The molecule has 1 heterocycles. The van der Waals surface area contributed by atoms with Crippen LogP contribution in [0.15, 0.2) is 59.1 Å². The summed E-state index contributed by atoms with van der Waals surface area (Å²) in [5, 5.41) is 3.60. The fourth-order valence-corrected chi connectivity index (χ4v) is 2.71. The SMILES string of the molecule is CCOCc1ccccc1NC(=O)CCc1ncc(-c2ccc(Cl)cc2)o1. The van der Waals surface area contributed by atoms with Crippen LogP contribution in [0.25, 0.3) is 11.3 Å². The Labute approximate surface area is 163 Å². The first-order valence-electron chi connectivity index (χ1n) is 8.82. The van der Waals surface area contributed by atoms with Crippen LogP contribution in [0.5, 0.6) is 0 Å². The Morgan fingerprint density at radius 2 is 1.96 bits per heavy atom. The first-order chi connectivity index (χ1) is 13.2. The van der Waals surface area contributed by atoms with Gasteiger partial charge in [0.05, 0.1) is 12.8 Å². The second-order valence-electron chi connectivity index (χ2n) is 5.97. The number of amides is 1. The number of halogens is 1. The third-order valence-corrected chi connectivity index (χ3v) is 4.25. The zero-order valence-electron chi connectivity index (χ0n) is 15.1. The van der Waals surface area contributed by atoms with Crippen molar-refractivity contribution in [2.75, 3.05) is 11.9 Å². The van der Waals surface area contributed by atoms with E-state index in [4.69, 9.17) is 20.8 Å². The van der Waals surface area contributed by atoms with Crippen molar-refractivity contribution < 1.29 is 13.9 Å². The molecule has 0 atom stereocenters. The third-order valence-electron chi connectivity index (χ3n) is 4.00. The summed E-state index contributed by atoms with van der Waals surface area (Å²) in [5.41, 5.74) is 2.62. The Balaban J connectivity index is 1.56. The number of para-hydroxylation sites is 1. The monoisotopic (exact) mass is 384 g/mol. The lowest BCUT2D eigenvalue weighted by Gasteiger charge is -2.10. The number of aromatic nitrogens is 1. The van der Waals surface area contributed by atoms with E-state index in [1.165, 1.54) is 0 Å². The summed E-state index contributed by atoms with van der Waals surface area (Å²) in [4.78, 5) is 16.5. The summed E-state index contributed by atoms with van der Waals surface area (Å²) in [7, 11) is 0. The third kappa shape index (κ3) is 5.42. The molecule has 0 radical (unpaired) electrons. The molecule has 1 aromatic heterocycles. The molecule has 0 aliphatic rings. The van der Waals surface area contributed by atoms with Gasteiger partial charge in [-0.25, -0.2) is 4.98 Å². The zero-order chi connectivity index (χ0) is 19.1. The van der Waals surface area contributed by atoms with Crippen molar-refractivity contribution in [2.45, 2.75) is 26.4 Å². The van der Waals surface area contributed by atoms with E-state index in [-0.39, 0.29) is 12.3 Å². The summed E-state index contributed by atoms with van der Waals surface area (Å²) in [6.45, 7) is 3.04. The maximum Gasteiger partial charge on any atom is 0.224 e. The molecule has 0 unspecified atom stereocenters. The normalized spacial score (nSPS) is 10.7. The molecule has 0 aliphatic heterocycles. The van der Waals surface area contributed by atoms with Gasteiger partial charge in [-0.2, -0.15) is 0 Å². The standard InChI is InChI=1S/C21H21ClN2O3/c1-2-26-14-16-5-3-4-6-18(16)24-20(25)11-12-21-23-13-19(27-21)15-7-9-17(22)10-8-15/h3-10,13H,2,11-12,14H2,1H3,(H,24,25). The largest absolute Gasteiger partial charge is 0.441 e. The highest BCUT2D eigenvalue weighted by Crippen LogP contribution is 2.23. The number of nitrogens with zero attached hydrogens (tertiary/aromatic N) is 1. The molecule has 0 bridgehead atoms. The molecule has 0 fully saturated rings. The van der Waals surface area contributed by atoms with Gasteiger partial charge in [-0.3, -0.25) is 4.79 Å². The van der Waals surface area contributed by atoms with Crippen molar-refractivity contribution in [2.24, 2.45) is 0 Å². The van der Waals surface area contributed by atoms with Crippen LogP contribution in [0.3, 0.4) is 0 Å². The van der Waals surface area contributed by atoms with Crippen molar-refractivity contribution in [3.63, 3.8) is 0 Å². The van der Waals surface area contributed by atoms with E-state index in [2.05, 4.69) is 10.3 Å². The van der Waals surface area contributed by atoms with Crippen LogP contribution in [-0.4, -0.2) is 17.5 Å². The number of carbonyl (C=O) groups is 1. The molecular formula is C21H21ClN2O3. The maximum atomic E-state index is 12.3. The second kappa shape index (κ2) is 9.35. The number of carbonyl (C=O) groups excluding carboxylic acids is 1. The first kappa shape index (κ1) is 19.1. The zero-order valence-corrected chi connectivity index (χ0v) is 15.8. The quantitative estimate of drug-likeness (QED) is 0.586. The number of benzene rings is 2. The maximum absolute atomic E-state index is 12.3. The van der Waals surface area contributed by atoms with E-state index < -0.39 is 0 Å². The van der Waals surface area contributed by atoms with Gasteiger partial charge in [-0.05, 0) is 37.3 Å². The van der Waals surface area contributed by atoms with Crippen LogP contribution < -0.4 is 5.32 Å². The molecule has 0 spiro atoms. The minimum Gasteiger partial charge on any atom is -0.441 e. The smallest absolute Gasteiger partial charge is 0.224 e. The minimum atomic E-state index is -0.0924. The molecule has 140 valence electrons. The van der Waals surface area contributed by atoms with Gasteiger partial charge < -0.3 is 14.5 Å². The topological polar surface area (TPSA) is 64.4 Å². The lowest BCUT2D eigenvalue weighted by Crippen LogP contribution is -2.14. The number of hydrogen-bond donors (Lipinski definition) is 1. The fourth-order valence-electron chi connectivity index (χ4n) is 2.59. The number of anilines is 1. The predicted octanol–water partition coefficient (Wildman–Crippen LogP) is 5.10. The van der Waals surface area contributed by atoms with Gasteiger partial charge in [0.2, 0.25) is 5.91 Å². The van der Waals surface area contributed by atoms with E-state index in [0.29, 0.717) is 36.3 Å². The molecule has 0 saturated carbocycles. The Hall–Kier alpha value is -2.63. The van der Waals surface area contributed by atoms with Crippen LogP contribution in [0.1, 0.15) is 24.8 Å². The Kier molecular flexibility index (Phi) is 6.63. The number of hydrogen-bond acceptors (Lipinski definition) is 4. The molecular weight excluding hydrogens is 364 g/mol. The molecule has 3 aromatic rings. The van der Waals surface area contributed by atoms with Crippen LogP contribution in [0.4, 0.5) is 5.69 Å². The number of nitrogens with one attached hydrogen (secondary N) is 1. The molecule has 3 rings (SSSR count). The van der Waals surface area contributed by atoms with Gasteiger partial charge in [0.15, 0.2) is 11.7 Å². The van der Waals surface area contributed by atoms with Crippen LogP contribution in [0.2, 0.25) is 5.02 Å². The second-order valence-corrected chi connectivity index (χ2v) is 6.40. The van der Waals surface area contributed by atoms with Crippen LogP contribution in [-0.2, 0) is 22.6 Å². The average molecular weight is 385 g/mol. The summed E-state index contributed by atoms with van der Waals surface area (Å²) in [5.74, 6) is 1.09. The molecule has 1 amide bonds. The van der Waals surface area contributed by atoms with Gasteiger partial charge in [-0.15, -0.1) is 0 Å². The molecule has 1 N–H and O–H groups in total. The average Bonchev–Trinajstić information content (AvgIpc) is 3.15. The molecule has 0 aliphatic carbocycles. The van der Waals surface area contributed by atoms with Crippen LogP contribution >= 0.6 is 11.6 Å². The van der Waals surface area contributed by atoms with Gasteiger partial charge in [-0.1, -0.05) is 29.8 Å². The molecule has 0 saturated heterocycles. The Bertz CT molecular complexity index is 890. The number of rotatable bonds is 8. The van der Waals surface area contributed by atoms with Crippen molar-refractivity contribution in [3.05, 3.63) is 71.2 Å². The van der Waals surface area contributed by atoms with E-state index in [0.717, 1.165) is 16.8 Å². The lowest BCUT2D eigenvalue weighted by atomic mass is 10.2. The van der Waals surface area contributed by atoms with Crippen molar-refractivity contribution in [1.82, 2.24) is 4.98 Å². The summed E-state index contributed by atoms with van der Waals surface area (Å²) >= 11 is 5.90. The summed E-state index contributed by atoms with van der Waals surface area (Å²) in [6, 6.07) is 15.0. The Morgan fingerprint density at radius 3 is 2.74 bits per heavy atom. The molecule has 5 nitrogen and oxygen atoms in total.